The summed E-state index contributed by atoms with van der Waals surface area (Å²) >= 11 is 1.12. The molecule has 3 rings (SSSR count). The number of nitro groups is 1. The maximum Gasteiger partial charge on any atom is 0.269 e. The van der Waals surface area contributed by atoms with Gasteiger partial charge in [-0.2, -0.15) is 0 Å². The van der Waals surface area contributed by atoms with Gasteiger partial charge in [0.25, 0.3) is 11.6 Å². The van der Waals surface area contributed by atoms with Crippen LogP contribution in [0.4, 0.5) is 5.69 Å². The van der Waals surface area contributed by atoms with Crippen LogP contribution in [0, 0.1) is 23.0 Å². The first kappa shape index (κ1) is 20.6. The Balaban J connectivity index is 1.41. The number of non-ortho nitro benzene ring substituents is 1. The number of aryl methyl sites for hydroxylation is 1. The van der Waals surface area contributed by atoms with Crippen LogP contribution < -0.4 is 5.32 Å². The van der Waals surface area contributed by atoms with Crippen LogP contribution in [0.25, 0.3) is 6.08 Å². The van der Waals surface area contributed by atoms with Crippen molar-refractivity contribution in [3.05, 3.63) is 56.6 Å². The number of hydrogen-bond donors (Lipinski definition) is 1. The van der Waals surface area contributed by atoms with E-state index in [0.29, 0.717) is 41.7 Å². The van der Waals surface area contributed by atoms with E-state index in [1.54, 1.807) is 25.1 Å². The summed E-state index contributed by atoms with van der Waals surface area (Å²) in [6.07, 6.45) is 4.68. The number of amides is 2. The standard InChI is InChI=1S/C19H21N5O4S/c1-13-18(29-22-21-13)19(26)23-10-8-15(9-11-23)12-20-17(25)7-4-14-2-5-16(6-3-14)24(27)28/h2-7,15H,8-12H2,1H3,(H,20,25)/b7-4+. The van der Waals surface area contributed by atoms with Gasteiger partial charge in [-0.3, -0.25) is 19.7 Å². The summed E-state index contributed by atoms with van der Waals surface area (Å²) in [4.78, 5) is 37.1. The second kappa shape index (κ2) is 9.37. The molecule has 2 amide bonds. The number of nitrogens with zero attached hydrogens (tertiary/aromatic N) is 4. The number of likely N-dealkylation sites (tertiary alicyclic amines) is 1. The molecular weight excluding hydrogens is 394 g/mol. The van der Waals surface area contributed by atoms with Gasteiger partial charge in [0.05, 0.1) is 10.6 Å². The van der Waals surface area contributed by atoms with Crippen molar-refractivity contribution >= 4 is 35.1 Å². The summed E-state index contributed by atoms with van der Waals surface area (Å²) in [5, 5.41) is 17.4. The van der Waals surface area contributed by atoms with Gasteiger partial charge in [-0.1, -0.05) is 4.49 Å². The number of aromatic nitrogens is 2. The number of piperidine rings is 1. The fraction of sp³-hybridized carbons (Fsp3) is 0.368. The van der Waals surface area contributed by atoms with Crippen molar-refractivity contribution < 1.29 is 14.5 Å². The maximum absolute atomic E-state index is 12.5. The van der Waals surface area contributed by atoms with Crippen LogP contribution in [0.5, 0.6) is 0 Å². The highest BCUT2D eigenvalue weighted by Gasteiger charge is 2.26. The van der Waals surface area contributed by atoms with E-state index in [-0.39, 0.29) is 17.5 Å². The SMILES string of the molecule is Cc1nnsc1C(=O)N1CCC(CNC(=O)/C=C/c2ccc([N+](=O)[O-])cc2)CC1. The Bertz CT molecular complexity index is 917. The second-order valence-electron chi connectivity index (χ2n) is 6.85. The molecule has 2 heterocycles. The summed E-state index contributed by atoms with van der Waals surface area (Å²) < 4.78 is 3.81. The molecule has 0 unspecified atom stereocenters. The third-order valence-corrected chi connectivity index (χ3v) is 5.66. The first-order chi connectivity index (χ1) is 13.9. The van der Waals surface area contributed by atoms with E-state index in [1.807, 2.05) is 4.90 Å². The first-order valence-corrected chi connectivity index (χ1v) is 10.00. The normalized spacial score (nSPS) is 14.9. The van der Waals surface area contributed by atoms with Crippen LogP contribution in [0.2, 0.25) is 0 Å². The molecule has 29 heavy (non-hydrogen) atoms. The zero-order valence-electron chi connectivity index (χ0n) is 15.9. The molecule has 152 valence electrons. The molecule has 1 aliphatic heterocycles. The van der Waals surface area contributed by atoms with Crippen LogP contribution in [0.15, 0.2) is 30.3 Å². The van der Waals surface area contributed by atoms with Crippen LogP contribution in [-0.4, -0.2) is 50.9 Å². The van der Waals surface area contributed by atoms with Gasteiger partial charge in [0.15, 0.2) is 0 Å². The Morgan fingerprint density at radius 1 is 1.31 bits per heavy atom. The van der Waals surface area contributed by atoms with Gasteiger partial charge in [0.2, 0.25) is 5.91 Å². The van der Waals surface area contributed by atoms with E-state index in [2.05, 4.69) is 14.9 Å². The Kier molecular flexibility index (Phi) is 6.65. The summed E-state index contributed by atoms with van der Waals surface area (Å²) in [6.45, 7) is 3.63. The van der Waals surface area contributed by atoms with Crippen LogP contribution in [0.1, 0.15) is 33.8 Å². The van der Waals surface area contributed by atoms with Crippen molar-refractivity contribution in [3.63, 3.8) is 0 Å². The topological polar surface area (TPSA) is 118 Å². The number of carbonyl (C=O) groups is 2. The summed E-state index contributed by atoms with van der Waals surface area (Å²) in [5.41, 5.74) is 1.39. The molecule has 0 saturated carbocycles. The largest absolute Gasteiger partial charge is 0.352 e. The molecule has 1 saturated heterocycles. The van der Waals surface area contributed by atoms with Crippen LogP contribution >= 0.6 is 11.5 Å². The molecule has 1 N–H and O–H groups in total. The number of carbonyl (C=O) groups excluding carboxylic acids is 2. The van der Waals surface area contributed by atoms with Gasteiger partial charge >= 0.3 is 0 Å². The third kappa shape index (κ3) is 5.44. The Morgan fingerprint density at radius 2 is 2.00 bits per heavy atom. The molecule has 2 aromatic rings. The lowest BCUT2D eigenvalue weighted by atomic mass is 9.96. The van der Waals surface area contributed by atoms with Gasteiger partial charge in [-0.25, -0.2) is 0 Å². The number of nitrogens with one attached hydrogen (secondary N) is 1. The minimum atomic E-state index is -0.464. The molecular formula is C19H21N5O4S. The van der Waals surface area contributed by atoms with E-state index >= 15 is 0 Å². The molecule has 1 fully saturated rings. The predicted molar refractivity (Wildman–Crippen MR) is 108 cm³/mol. The van der Waals surface area contributed by atoms with Gasteiger partial charge in [-0.05, 0) is 61.0 Å². The van der Waals surface area contributed by atoms with Crippen molar-refractivity contribution in [1.29, 1.82) is 0 Å². The lowest BCUT2D eigenvalue weighted by molar-refractivity contribution is -0.384. The maximum atomic E-state index is 12.5. The molecule has 0 aliphatic carbocycles. The quantitative estimate of drug-likeness (QED) is 0.440. The monoisotopic (exact) mass is 415 g/mol. The van der Waals surface area contributed by atoms with Crippen LogP contribution in [-0.2, 0) is 4.79 Å². The molecule has 0 atom stereocenters. The Hall–Kier alpha value is -3.14. The van der Waals surface area contributed by atoms with Gasteiger partial charge in [0.1, 0.15) is 4.88 Å². The van der Waals surface area contributed by atoms with Crippen molar-refractivity contribution in [2.45, 2.75) is 19.8 Å². The van der Waals surface area contributed by atoms with Gasteiger partial charge < -0.3 is 10.2 Å². The summed E-state index contributed by atoms with van der Waals surface area (Å²) in [6, 6.07) is 5.98. The van der Waals surface area contributed by atoms with Crippen molar-refractivity contribution in [1.82, 2.24) is 19.8 Å². The average Bonchev–Trinajstić information content (AvgIpc) is 3.16. The number of hydrogen-bond acceptors (Lipinski definition) is 7. The number of rotatable bonds is 6. The minimum absolute atomic E-state index is 0.0122. The highest BCUT2D eigenvalue weighted by atomic mass is 32.1. The molecule has 0 spiro atoms. The molecule has 1 aromatic carbocycles. The summed E-state index contributed by atoms with van der Waals surface area (Å²) in [7, 11) is 0. The van der Waals surface area contributed by atoms with E-state index in [1.165, 1.54) is 18.2 Å². The van der Waals surface area contributed by atoms with Gasteiger partial charge in [0, 0.05) is 37.8 Å². The third-order valence-electron chi connectivity index (χ3n) is 4.84. The van der Waals surface area contributed by atoms with Crippen LogP contribution in [0.3, 0.4) is 0 Å². The fourth-order valence-corrected chi connectivity index (χ4v) is 3.72. The van der Waals surface area contributed by atoms with Crippen molar-refractivity contribution in [2.24, 2.45) is 5.92 Å². The Labute approximate surface area is 171 Å². The lowest BCUT2D eigenvalue weighted by Crippen LogP contribution is -2.41. The van der Waals surface area contributed by atoms with Crippen molar-refractivity contribution in [3.8, 4) is 0 Å². The van der Waals surface area contributed by atoms with E-state index in [9.17, 15) is 19.7 Å². The highest BCUT2D eigenvalue weighted by molar-refractivity contribution is 7.07. The second-order valence-corrected chi connectivity index (χ2v) is 7.60. The lowest BCUT2D eigenvalue weighted by Gasteiger charge is -2.31. The predicted octanol–water partition coefficient (Wildman–Crippen LogP) is 2.44. The minimum Gasteiger partial charge on any atom is -0.352 e. The molecule has 1 aromatic heterocycles. The molecule has 10 heteroatoms. The molecule has 9 nitrogen and oxygen atoms in total. The average molecular weight is 415 g/mol. The first-order valence-electron chi connectivity index (χ1n) is 9.22. The molecule has 0 radical (unpaired) electrons. The zero-order valence-corrected chi connectivity index (χ0v) is 16.7. The summed E-state index contributed by atoms with van der Waals surface area (Å²) in [5.74, 6) is 0.0793. The highest BCUT2D eigenvalue weighted by Crippen LogP contribution is 2.20. The number of nitro benzene ring substituents is 1. The van der Waals surface area contributed by atoms with Gasteiger partial charge in [-0.15, -0.1) is 5.10 Å². The van der Waals surface area contributed by atoms with E-state index in [4.69, 9.17) is 0 Å². The smallest absolute Gasteiger partial charge is 0.269 e. The molecule has 0 bridgehead atoms. The Morgan fingerprint density at radius 3 is 2.59 bits per heavy atom. The van der Waals surface area contributed by atoms with Crippen molar-refractivity contribution in [2.75, 3.05) is 19.6 Å². The van der Waals surface area contributed by atoms with E-state index in [0.717, 1.165) is 24.4 Å². The zero-order chi connectivity index (χ0) is 20.8. The number of benzene rings is 1. The van der Waals surface area contributed by atoms with E-state index < -0.39 is 4.92 Å². The fourth-order valence-electron chi connectivity index (χ4n) is 3.09. The molecule has 1 aliphatic rings.